The van der Waals surface area contributed by atoms with E-state index >= 15 is 0 Å². The van der Waals surface area contributed by atoms with Crippen LogP contribution in [0.15, 0.2) is 0 Å². The van der Waals surface area contributed by atoms with Crippen molar-refractivity contribution in [3.8, 4) is 0 Å². The Hall–Kier alpha value is 2.06. The SMILES string of the molecule is SSSOSSS. The molecule has 0 fully saturated rings. The molecule has 7 heteroatoms. The van der Waals surface area contributed by atoms with Crippen LogP contribution in [0.4, 0.5) is 0 Å². The fraction of sp³-hybridized carbons (Fsp3) is 0. The highest BCUT2D eigenvalue weighted by atomic mass is 33.5. The Balaban J connectivity index is 2.45. The summed E-state index contributed by atoms with van der Waals surface area (Å²) < 4.78 is 4.74. The molecule has 0 saturated carbocycles. The minimum Gasteiger partial charge on any atom is -0.223 e. The maximum Gasteiger partial charge on any atom is 0.0902 e. The van der Waals surface area contributed by atoms with Crippen LogP contribution in [0.3, 0.4) is 0 Å². The van der Waals surface area contributed by atoms with E-state index in [1.165, 1.54) is 41.8 Å². The van der Waals surface area contributed by atoms with Crippen LogP contribution in [0.5, 0.6) is 0 Å². The van der Waals surface area contributed by atoms with Crippen LogP contribution in [0.25, 0.3) is 0 Å². The van der Waals surface area contributed by atoms with Crippen LogP contribution in [0.2, 0.25) is 0 Å². The quantitative estimate of drug-likeness (QED) is 0.318. The zero-order valence-electron chi connectivity index (χ0n) is 2.94. The van der Waals surface area contributed by atoms with E-state index < -0.39 is 0 Å². The van der Waals surface area contributed by atoms with E-state index in [-0.39, 0.29) is 0 Å². The molecule has 0 amide bonds. The second-order valence-corrected chi connectivity index (χ2v) is 5.86. The van der Waals surface area contributed by atoms with Gasteiger partial charge in [-0.25, -0.2) is 3.63 Å². The van der Waals surface area contributed by atoms with Gasteiger partial charge in [0.15, 0.2) is 0 Å². The van der Waals surface area contributed by atoms with Gasteiger partial charge in [0, 0.05) is 19.7 Å². The fourth-order valence-corrected chi connectivity index (χ4v) is 2.93. The molecule has 1 nitrogen and oxygen atoms in total. The van der Waals surface area contributed by atoms with E-state index in [1.54, 1.807) is 0 Å². The molecule has 0 aliphatic heterocycles. The highest BCUT2D eigenvalue weighted by molar-refractivity contribution is 9.08. The number of thiol groups is 2. The van der Waals surface area contributed by atoms with Gasteiger partial charge in [0.05, 0.1) is 22.1 Å². The van der Waals surface area contributed by atoms with Gasteiger partial charge in [-0.3, -0.25) is 0 Å². The molecule has 0 radical (unpaired) electrons. The molecule has 7 heavy (non-hydrogen) atoms. The smallest absolute Gasteiger partial charge is 0.0902 e. The lowest BCUT2D eigenvalue weighted by Gasteiger charge is -1.88. The third kappa shape index (κ3) is 8.06. The van der Waals surface area contributed by atoms with Gasteiger partial charge in [-0.2, -0.15) is 0 Å². The van der Waals surface area contributed by atoms with Gasteiger partial charge in [-0.1, -0.05) is 23.3 Å². The minimum atomic E-state index is 1.21. The molecule has 0 rings (SSSR count). The van der Waals surface area contributed by atoms with Gasteiger partial charge in [-0.05, 0) is 0 Å². The summed E-state index contributed by atoms with van der Waals surface area (Å²) in [6.07, 6.45) is 0. The molecule has 0 heterocycles. The molecule has 0 aromatic rings. The van der Waals surface area contributed by atoms with Gasteiger partial charge in [-0.15, -0.1) is 0 Å². The van der Waals surface area contributed by atoms with Crippen molar-refractivity contribution in [1.82, 2.24) is 0 Å². The van der Waals surface area contributed by atoms with Crippen LogP contribution in [-0.2, 0) is 3.63 Å². The van der Waals surface area contributed by atoms with Crippen LogP contribution < -0.4 is 0 Å². The van der Waals surface area contributed by atoms with E-state index in [1.807, 2.05) is 0 Å². The van der Waals surface area contributed by atoms with Gasteiger partial charge >= 0.3 is 0 Å². The Morgan fingerprint density at radius 1 is 1.00 bits per heavy atom. The van der Waals surface area contributed by atoms with Crippen molar-refractivity contribution in [3.63, 3.8) is 0 Å². The average molecular weight is 210 g/mol. The Bertz CT molecular complexity index is 23.4. The summed E-state index contributed by atoms with van der Waals surface area (Å²) in [5.74, 6) is 0. The van der Waals surface area contributed by atoms with Crippen molar-refractivity contribution in [2.75, 3.05) is 0 Å². The Morgan fingerprint density at radius 3 is 1.71 bits per heavy atom. The Labute approximate surface area is 68.3 Å². The topological polar surface area (TPSA) is 9.23 Å². The molecule has 0 unspecified atom stereocenters. The molecule has 44 valence electrons. The predicted molar refractivity (Wildman–Crippen MR) is 49.4 cm³/mol. The van der Waals surface area contributed by atoms with E-state index in [4.69, 9.17) is 3.63 Å². The van der Waals surface area contributed by atoms with Crippen molar-refractivity contribution in [2.45, 2.75) is 0 Å². The third-order valence-electron chi connectivity index (χ3n) is 0.116. The molecule has 0 bridgehead atoms. The highest BCUT2D eigenvalue weighted by Crippen LogP contribution is 2.36. The molecule has 0 aliphatic carbocycles. The van der Waals surface area contributed by atoms with E-state index in [2.05, 4.69) is 23.3 Å². The third-order valence-corrected chi connectivity index (χ3v) is 3.14. The Morgan fingerprint density at radius 2 is 1.43 bits per heavy atom. The number of rotatable bonds is 4. The molecule has 0 saturated heterocycles. The van der Waals surface area contributed by atoms with Gasteiger partial charge in [0.1, 0.15) is 0 Å². The molecule has 0 spiro atoms. The van der Waals surface area contributed by atoms with Crippen molar-refractivity contribution < 1.29 is 3.63 Å². The molecular weight excluding hydrogens is 208 g/mol. The van der Waals surface area contributed by atoms with Crippen LogP contribution in [0.1, 0.15) is 0 Å². The van der Waals surface area contributed by atoms with E-state index in [0.717, 1.165) is 0 Å². The maximum absolute atomic E-state index is 4.74. The molecule has 0 atom stereocenters. The largest absolute Gasteiger partial charge is 0.223 e. The summed E-state index contributed by atoms with van der Waals surface area (Å²) in [7, 11) is 2.52. The van der Waals surface area contributed by atoms with Crippen molar-refractivity contribution in [3.05, 3.63) is 0 Å². The molecule has 0 N–H and O–H groups in total. The van der Waals surface area contributed by atoms with Crippen molar-refractivity contribution >= 4 is 65.1 Å². The summed E-state index contributed by atoms with van der Waals surface area (Å²) in [4.78, 5) is 0. The second kappa shape index (κ2) is 8.06. The fourth-order valence-electron chi connectivity index (χ4n) is 0.0362. The molecule has 0 aromatic heterocycles. The van der Waals surface area contributed by atoms with Crippen LogP contribution in [-0.4, -0.2) is 0 Å². The molecular formula is H2OS6. The summed E-state index contributed by atoms with van der Waals surface area (Å²) in [5.41, 5.74) is 0. The van der Waals surface area contributed by atoms with E-state index in [9.17, 15) is 0 Å². The first kappa shape index (κ1) is 9.06. The van der Waals surface area contributed by atoms with Gasteiger partial charge in [0.2, 0.25) is 0 Å². The lowest BCUT2D eigenvalue weighted by molar-refractivity contribution is 0.785. The summed E-state index contributed by atoms with van der Waals surface area (Å²) in [6.45, 7) is 0. The Kier molecular flexibility index (Phi) is 10.4. The maximum atomic E-state index is 4.74. The van der Waals surface area contributed by atoms with Crippen molar-refractivity contribution in [1.29, 1.82) is 0 Å². The average Bonchev–Trinajstić information content (AvgIpc) is 1.69. The van der Waals surface area contributed by atoms with Crippen molar-refractivity contribution in [2.24, 2.45) is 0 Å². The van der Waals surface area contributed by atoms with Crippen LogP contribution in [0, 0.1) is 0 Å². The minimum absolute atomic E-state index is 1.21. The highest BCUT2D eigenvalue weighted by Gasteiger charge is 1.83. The second-order valence-electron chi connectivity index (χ2n) is 0.353. The lowest BCUT2D eigenvalue weighted by atomic mass is 15.9. The number of hydrogen-bond donors (Lipinski definition) is 2. The first-order valence-corrected chi connectivity index (χ1v) is 7.29. The summed E-state index contributed by atoms with van der Waals surface area (Å²) in [5, 5.41) is 0. The zero-order chi connectivity index (χ0) is 5.54. The lowest BCUT2D eigenvalue weighted by Crippen LogP contribution is -1.44. The number of hydrogen-bond acceptors (Lipinski definition) is 7. The first-order valence-electron chi connectivity index (χ1n) is 1.03. The standard InChI is InChI=1S/H2OS6/c2-6-4-1-5-7-3/h2-3H. The monoisotopic (exact) mass is 210 g/mol. The van der Waals surface area contributed by atoms with E-state index in [0.29, 0.717) is 0 Å². The van der Waals surface area contributed by atoms with Gasteiger partial charge in [0.25, 0.3) is 0 Å². The normalized spacial score (nSPS) is 9.43. The summed E-state index contributed by atoms with van der Waals surface area (Å²) in [6, 6.07) is 0. The molecule has 0 aliphatic rings. The summed E-state index contributed by atoms with van der Waals surface area (Å²) >= 11 is 10.0. The zero-order valence-corrected chi connectivity index (χ0v) is 7.99. The van der Waals surface area contributed by atoms with Crippen LogP contribution >= 0.6 is 65.1 Å². The van der Waals surface area contributed by atoms with Gasteiger partial charge < -0.3 is 0 Å². The molecule has 0 aromatic carbocycles. The predicted octanol–water partition coefficient (Wildman–Crippen LogP) is 3.29. The first-order chi connectivity index (χ1) is 3.41.